The molecule has 0 aliphatic heterocycles. The van der Waals surface area contributed by atoms with Crippen LogP contribution >= 0.6 is 11.6 Å². The smallest absolute Gasteiger partial charge is 0.392 e. The minimum Gasteiger partial charge on any atom is -0.392 e. The molecule has 0 saturated heterocycles. The fraction of sp³-hybridized carbons (Fsp3) is 0.250. The van der Waals surface area contributed by atoms with Crippen molar-refractivity contribution in [2.45, 2.75) is 12.8 Å². The third kappa shape index (κ3) is 2.35. The first kappa shape index (κ1) is 7.64. The molecule has 0 aliphatic rings. The van der Waals surface area contributed by atoms with Gasteiger partial charge in [0.1, 0.15) is 0 Å². The van der Waals surface area contributed by atoms with Gasteiger partial charge in [0, 0.05) is 5.02 Å². The van der Waals surface area contributed by atoms with Gasteiger partial charge in [-0.1, -0.05) is 11.6 Å². The Morgan fingerprint density at radius 1 is 1.46 bits per heavy atom. The normalized spacial score (nSPS) is 13.9. The first-order chi connectivity index (χ1) is 6.79. The first-order valence-electron chi connectivity index (χ1n) is 4.25. The molecule has 1 nitrogen and oxygen atoms in total. The molecule has 72 valence electrons. The van der Waals surface area contributed by atoms with Gasteiger partial charge < -0.3 is 5.11 Å². The summed E-state index contributed by atoms with van der Waals surface area (Å²) in [5.74, 6) is 0. The number of alkyl halides is 3. The highest BCUT2D eigenvalue weighted by atomic mass is 35.5. The van der Waals surface area contributed by atoms with Gasteiger partial charge >= 0.3 is 6.18 Å². The Hall–Kier alpha value is -0.740. The molecule has 1 rings (SSSR count). The highest BCUT2D eigenvalue weighted by Gasteiger charge is 2.30. The summed E-state index contributed by atoms with van der Waals surface area (Å²) < 4.78 is 51.3. The summed E-state index contributed by atoms with van der Waals surface area (Å²) in [5.41, 5.74) is -1.47. The molecule has 13 heavy (non-hydrogen) atoms. The first-order valence-corrected chi connectivity index (χ1v) is 3.63. The maximum absolute atomic E-state index is 12.3. The number of hydrogen-bond acceptors (Lipinski definition) is 1. The molecule has 0 fully saturated rings. The molecule has 0 bridgehead atoms. The van der Waals surface area contributed by atoms with Gasteiger partial charge in [-0.15, -0.1) is 0 Å². The molecule has 0 atom stereocenters. The second-order valence-corrected chi connectivity index (χ2v) is 2.68. The van der Waals surface area contributed by atoms with Gasteiger partial charge in [0.05, 0.1) is 14.9 Å². The minimum absolute atomic E-state index is 0.204. The third-order valence-electron chi connectivity index (χ3n) is 1.38. The average Bonchev–Trinajstić information content (AvgIpc) is 2.13. The molecule has 0 aliphatic carbocycles. The highest BCUT2D eigenvalue weighted by molar-refractivity contribution is 6.31. The van der Waals surface area contributed by atoms with Gasteiger partial charge in [0.2, 0.25) is 0 Å². The summed E-state index contributed by atoms with van der Waals surface area (Å²) in [5, 5.41) is 8.40. The molecule has 1 aromatic rings. The molecule has 0 unspecified atom stereocenters. The number of aliphatic hydroxyl groups is 1. The van der Waals surface area contributed by atoms with Crippen molar-refractivity contribution >= 4 is 11.6 Å². The average molecular weight is 213 g/mol. The van der Waals surface area contributed by atoms with E-state index in [0.29, 0.717) is 6.07 Å². The van der Waals surface area contributed by atoms with Crippen LogP contribution in [0.4, 0.5) is 13.2 Å². The van der Waals surface area contributed by atoms with Crippen molar-refractivity contribution < 1.29 is 21.0 Å². The second kappa shape index (κ2) is 3.55. The summed E-state index contributed by atoms with van der Waals surface area (Å²) in [6.07, 6.45) is -4.72. The van der Waals surface area contributed by atoms with Gasteiger partial charge in [0.25, 0.3) is 0 Å². The van der Waals surface area contributed by atoms with E-state index < -0.39 is 30.4 Å². The molecule has 5 heteroatoms. The van der Waals surface area contributed by atoms with Crippen molar-refractivity contribution in [2.24, 2.45) is 0 Å². The van der Waals surface area contributed by atoms with E-state index in [-0.39, 0.29) is 10.6 Å². The van der Waals surface area contributed by atoms with E-state index in [9.17, 15) is 13.2 Å². The van der Waals surface area contributed by atoms with Gasteiger partial charge in [0.15, 0.2) is 0 Å². The van der Waals surface area contributed by atoms with E-state index in [2.05, 4.69) is 0 Å². The lowest BCUT2D eigenvalue weighted by Gasteiger charge is -2.08. The molecule has 1 N–H and O–H groups in total. The summed E-state index contributed by atoms with van der Waals surface area (Å²) >= 11 is 5.49. The van der Waals surface area contributed by atoms with Crippen molar-refractivity contribution in [1.29, 1.82) is 0 Å². The lowest BCUT2D eigenvalue weighted by molar-refractivity contribution is -0.137. The Morgan fingerprint density at radius 2 is 2.08 bits per heavy atom. The van der Waals surface area contributed by atoms with Crippen molar-refractivity contribution in [3.05, 3.63) is 34.3 Å². The third-order valence-corrected chi connectivity index (χ3v) is 1.72. The predicted molar refractivity (Wildman–Crippen MR) is 42.4 cm³/mol. The van der Waals surface area contributed by atoms with Crippen molar-refractivity contribution in [2.75, 3.05) is 0 Å². The largest absolute Gasteiger partial charge is 0.416 e. The van der Waals surface area contributed by atoms with E-state index in [1.807, 2.05) is 0 Å². The zero-order valence-electron chi connectivity index (χ0n) is 8.24. The van der Waals surface area contributed by atoms with E-state index in [4.69, 9.17) is 19.4 Å². The molecule has 0 spiro atoms. The second-order valence-electron chi connectivity index (χ2n) is 2.30. The van der Waals surface area contributed by atoms with Crippen LogP contribution in [0.3, 0.4) is 0 Å². The van der Waals surface area contributed by atoms with Crippen molar-refractivity contribution in [3.8, 4) is 0 Å². The van der Waals surface area contributed by atoms with E-state index >= 15 is 0 Å². The number of rotatable bonds is 1. The summed E-state index contributed by atoms with van der Waals surface area (Å²) in [7, 11) is 0. The number of halogens is 4. The number of aliphatic hydroxyl groups excluding tert-OH is 1. The lowest BCUT2D eigenvalue weighted by atomic mass is 10.1. The Labute approximate surface area is 80.6 Å². The zero-order valence-corrected chi connectivity index (χ0v) is 7.00. The summed E-state index contributed by atoms with van der Waals surface area (Å²) in [6, 6.07) is -1.12. The quantitative estimate of drug-likeness (QED) is 0.759. The lowest BCUT2D eigenvalue weighted by Crippen LogP contribution is -2.05. The molecular formula is C8H6ClF3O. The topological polar surface area (TPSA) is 20.2 Å². The molecule has 0 aromatic heterocycles. The van der Waals surface area contributed by atoms with Gasteiger partial charge in [-0.05, 0) is 23.7 Å². The molecular weight excluding hydrogens is 205 g/mol. The van der Waals surface area contributed by atoms with Crippen LogP contribution in [0.2, 0.25) is 5.02 Å². The minimum atomic E-state index is -4.72. The summed E-state index contributed by atoms with van der Waals surface area (Å²) in [6.45, 7) is -0.700. The maximum atomic E-state index is 12.3. The van der Waals surface area contributed by atoms with Crippen LogP contribution in [0, 0.1) is 0 Å². The molecule has 0 amide bonds. The molecule has 1 aromatic carbocycles. The number of hydrogen-bond donors (Lipinski definition) is 1. The standard InChI is InChI=1S/C8H6ClF3O/c9-7-2-1-6(8(10,11)12)3-5(7)4-13/h1-3,13H,4H2/i1D,2D. The van der Waals surface area contributed by atoms with Gasteiger partial charge in [-0.25, -0.2) is 0 Å². The Bertz CT molecular complexity index is 392. The Kier molecular flexibility index (Phi) is 2.09. The molecule has 0 heterocycles. The highest BCUT2D eigenvalue weighted by Crippen LogP contribution is 2.31. The van der Waals surface area contributed by atoms with Gasteiger partial charge in [-0.3, -0.25) is 0 Å². The SMILES string of the molecule is [2H]c1c(C(F)(F)F)cc(CO)c(Cl)c1[2H]. The van der Waals surface area contributed by atoms with Crippen LogP contribution in [-0.2, 0) is 12.8 Å². The fourth-order valence-electron chi connectivity index (χ4n) is 0.744. The van der Waals surface area contributed by atoms with Crippen LogP contribution in [0.1, 0.15) is 13.9 Å². The molecule has 0 radical (unpaired) electrons. The van der Waals surface area contributed by atoms with Crippen molar-refractivity contribution in [3.63, 3.8) is 0 Å². The van der Waals surface area contributed by atoms with Crippen LogP contribution in [0.15, 0.2) is 18.2 Å². The van der Waals surface area contributed by atoms with Crippen molar-refractivity contribution in [1.82, 2.24) is 0 Å². The monoisotopic (exact) mass is 212 g/mol. The summed E-state index contributed by atoms with van der Waals surface area (Å²) in [4.78, 5) is 0. The van der Waals surface area contributed by atoms with Crippen LogP contribution < -0.4 is 0 Å². The fourth-order valence-corrected chi connectivity index (χ4v) is 0.905. The van der Waals surface area contributed by atoms with Crippen LogP contribution in [0.5, 0.6) is 0 Å². The van der Waals surface area contributed by atoms with Gasteiger partial charge in [-0.2, -0.15) is 13.2 Å². The van der Waals surface area contributed by atoms with E-state index in [1.165, 1.54) is 0 Å². The maximum Gasteiger partial charge on any atom is 0.416 e. The van der Waals surface area contributed by atoms with Crippen LogP contribution in [-0.4, -0.2) is 5.11 Å². The Balaban J connectivity index is 3.49. The Morgan fingerprint density at radius 3 is 2.54 bits per heavy atom. The van der Waals surface area contributed by atoms with E-state index in [1.54, 1.807) is 0 Å². The zero-order chi connectivity index (χ0) is 11.8. The number of benzene rings is 1. The predicted octanol–water partition coefficient (Wildman–Crippen LogP) is 2.85. The molecule has 0 saturated carbocycles. The van der Waals surface area contributed by atoms with E-state index in [0.717, 1.165) is 0 Å². The van der Waals surface area contributed by atoms with Crippen LogP contribution in [0.25, 0.3) is 0 Å².